The van der Waals surface area contributed by atoms with E-state index >= 15 is 0 Å². The summed E-state index contributed by atoms with van der Waals surface area (Å²) in [6, 6.07) is 19.5. The Labute approximate surface area is 226 Å². The lowest BCUT2D eigenvalue weighted by molar-refractivity contribution is -0.384. The van der Waals surface area contributed by atoms with E-state index in [2.05, 4.69) is 15.9 Å². The lowest BCUT2D eigenvalue weighted by Gasteiger charge is -2.13. The van der Waals surface area contributed by atoms with Crippen LogP contribution in [0.25, 0.3) is 6.08 Å². The van der Waals surface area contributed by atoms with E-state index in [1.165, 1.54) is 24.1 Å². The number of nitro groups is 1. The molecule has 0 bridgehead atoms. The van der Waals surface area contributed by atoms with Crippen molar-refractivity contribution in [2.45, 2.75) is 19.4 Å². The number of thioether (sulfide) groups is 1. The number of carbonyl (C=O) groups excluding carboxylic acids is 2. The maximum Gasteiger partial charge on any atom is 0.293 e. The molecule has 1 heterocycles. The molecule has 2 amide bonds. The van der Waals surface area contributed by atoms with Crippen LogP contribution >= 0.6 is 27.7 Å². The Kier molecular flexibility index (Phi) is 8.62. The fourth-order valence-corrected chi connectivity index (χ4v) is 5.07. The lowest BCUT2D eigenvalue weighted by Crippen LogP contribution is -2.29. The third-order valence-corrected chi connectivity index (χ3v) is 7.24. The normalized spacial score (nSPS) is 14.3. The van der Waals surface area contributed by atoms with Crippen LogP contribution in [0.3, 0.4) is 0 Å². The van der Waals surface area contributed by atoms with Crippen molar-refractivity contribution in [2.24, 2.45) is 0 Å². The van der Waals surface area contributed by atoms with Gasteiger partial charge in [-0.05, 0) is 59.5 Å². The van der Waals surface area contributed by atoms with Gasteiger partial charge in [0, 0.05) is 23.2 Å². The minimum atomic E-state index is -0.458. The van der Waals surface area contributed by atoms with Crippen molar-refractivity contribution in [1.82, 2.24) is 4.90 Å². The molecule has 3 aromatic carbocycles. The molecule has 1 aliphatic heterocycles. The molecule has 8 nitrogen and oxygen atoms in total. The Bertz CT molecular complexity index is 1360. The van der Waals surface area contributed by atoms with Crippen LogP contribution in [0.15, 0.2) is 76.1 Å². The molecule has 10 heteroatoms. The van der Waals surface area contributed by atoms with Crippen LogP contribution < -0.4 is 9.47 Å². The number of carbonyl (C=O) groups is 2. The second-order valence-electron chi connectivity index (χ2n) is 8.16. The van der Waals surface area contributed by atoms with Gasteiger partial charge in [-0.15, -0.1) is 0 Å². The van der Waals surface area contributed by atoms with Crippen molar-refractivity contribution >= 4 is 50.6 Å². The summed E-state index contributed by atoms with van der Waals surface area (Å²) < 4.78 is 12.0. The van der Waals surface area contributed by atoms with Crippen LogP contribution in [0.5, 0.6) is 11.5 Å². The number of halogens is 1. The zero-order valence-corrected chi connectivity index (χ0v) is 22.3. The number of rotatable bonds is 10. The smallest absolute Gasteiger partial charge is 0.293 e. The average molecular weight is 583 g/mol. The van der Waals surface area contributed by atoms with E-state index < -0.39 is 4.92 Å². The highest BCUT2D eigenvalue weighted by atomic mass is 79.9. The van der Waals surface area contributed by atoms with Crippen molar-refractivity contribution in [3.63, 3.8) is 0 Å². The highest BCUT2D eigenvalue weighted by molar-refractivity contribution is 9.10. The first kappa shape index (κ1) is 26.4. The molecule has 0 saturated carbocycles. The molecule has 0 aromatic heterocycles. The van der Waals surface area contributed by atoms with Crippen molar-refractivity contribution in [1.29, 1.82) is 0 Å². The maximum absolute atomic E-state index is 12.9. The number of nitrogens with zero attached hydrogens (tertiary/aromatic N) is 2. The molecule has 4 rings (SSSR count). The number of imide groups is 1. The van der Waals surface area contributed by atoms with Gasteiger partial charge in [0.1, 0.15) is 6.61 Å². The number of ether oxygens (including phenoxy) is 2. The van der Waals surface area contributed by atoms with Gasteiger partial charge in [0.05, 0.1) is 16.9 Å². The molecular weight excluding hydrogens is 560 g/mol. The summed E-state index contributed by atoms with van der Waals surface area (Å²) in [7, 11) is 1.49. The fourth-order valence-electron chi connectivity index (χ4n) is 3.77. The molecule has 0 aliphatic carbocycles. The van der Waals surface area contributed by atoms with Crippen molar-refractivity contribution < 1.29 is 24.0 Å². The number of non-ortho nitro benzene ring substituents is 1. The van der Waals surface area contributed by atoms with Crippen molar-refractivity contribution in [2.75, 3.05) is 13.7 Å². The predicted molar refractivity (Wildman–Crippen MR) is 146 cm³/mol. The summed E-state index contributed by atoms with van der Waals surface area (Å²) in [6.07, 6.45) is 3.12. The highest BCUT2D eigenvalue weighted by Crippen LogP contribution is 2.38. The molecule has 0 radical (unpaired) electrons. The van der Waals surface area contributed by atoms with Gasteiger partial charge >= 0.3 is 0 Å². The monoisotopic (exact) mass is 582 g/mol. The van der Waals surface area contributed by atoms with Gasteiger partial charge in [0.15, 0.2) is 11.5 Å². The Morgan fingerprint density at radius 1 is 1.03 bits per heavy atom. The van der Waals surface area contributed by atoms with Crippen LogP contribution in [0, 0.1) is 10.1 Å². The van der Waals surface area contributed by atoms with Crippen molar-refractivity contribution in [3.8, 4) is 11.5 Å². The lowest BCUT2D eigenvalue weighted by atomic mass is 10.1. The van der Waals surface area contributed by atoms with Gasteiger partial charge in [0.25, 0.3) is 16.8 Å². The van der Waals surface area contributed by atoms with E-state index in [9.17, 15) is 19.7 Å². The number of methoxy groups -OCH3 is 1. The van der Waals surface area contributed by atoms with Crippen LogP contribution in [0.4, 0.5) is 10.5 Å². The molecule has 0 unspecified atom stereocenters. The van der Waals surface area contributed by atoms with Gasteiger partial charge in [-0.1, -0.05) is 58.4 Å². The van der Waals surface area contributed by atoms with Crippen LogP contribution in [0.2, 0.25) is 0 Å². The van der Waals surface area contributed by atoms with Crippen LogP contribution in [0.1, 0.15) is 23.1 Å². The number of benzene rings is 3. The SMILES string of the molecule is COc1cc(/C=C2/SC(=O)N(CCCc3ccccc3)C2=O)c(Br)cc1OCc1cccc([N+](=O)[O-])c1. The fraction of sp³-hybridized carbons (Fsp3) is 0.185. The first-order valence-electron chi connectivity index (χ1n) is 11.4. The minimum Gasteiger partial charge on any atom is -0.493 e. The zero-order chi connectivity index (χ0) is 26.4. The van der Waals surface area contributed by atoms with E-state index in [1.54, 1.807) is 30.3 Å². The zero-order valence-electron chi connectivity index (χ0n) is 19.9. The molecule has 0 spiro atoms. The molecule has 0 N–H and O–H groups in total. The average Bonchev–Trinajstić information content (AvgIpc) is 3.16. The number of amides is 2. The molecule has 3 aromatic rings. The van der Waals surface area contributed by atoms with E-state index in [4.69, 9.17) is 9.47 Å². The third kappa shape index (κ3) is 6.58. The van der Waals surface area contributed by atoms with E-state index in [0.717, 1.165) is 23.7 Å². The predicted octanol–water partition coefficient (Wildman–Crippen LogP) is 6.61. The summed E-state index contributed by atoms with van der Waals surface area (Å²) in [6.45, 7) is 0.456. The summed E-state index contributed by atoms with van der Waals surface area (Å²) in [4.78, 5) is 37.6. The van der Waals surface area contributed by atoms with Gasteiger partial charge in [-0.2, -0.15) is 0 Å². The molecule has 1 saturated heterocycles. The van der Waals surface area contributed by atoms with Gasteiger partial charge in [-0.25, -0.2) is 0 Å². The Morgan fingerprint density at radius 3 is 2.51 bits per heavy atom. The topological polar surface area (TPSA) is 99.0 Å². The molecule has 0 atom stereocenters. The van der Waals surface area contributed by atoms with E-state index in [0.29, 0.717) is 45.0 Å². The Balaban J connectivity index is 1.45. The second kappa shape index (κ2) is 12.1. The number of nitro benzene ring substituents is 1. The Hall–Kier alpha value is -3.63. The largest absolute Gasteiger partial charge is 0.493 e. The molecule has 1 fully saturated rings. The quantitative estimate of drug-likeness (QED) is 0.150. The molecule has 190 valence electrons. The molecule has 1 aliphatic rings. The van der Waals surface area contributed by atoms with Gasteiger partial charge in [0.2, 0.25) is 0 Å². The van der Waals surface area contributed by atoms with Crippen LogP contribution in [-0.4, -0.2) is 34.6 Å². The second-order valence-corrected chi connectivity index (χ2v) is 10.0. The van der Waals surface area contributed by atoms with Crippen molar-refractivity contribution in [3.05, 3.63) is 103 Å². The van der Waals surface area contributed by atoms with Gasteiger partial charge in [-0.3, -0.25) is 24.6 Å². The van der Waals surface area contributed by atoms with Gasteiger partial charge < -0.3 is 9.47 Å². The van der Waals surface area contributed by atoms with E-state index in [-0.39, 0.29) is 23.4 Å². The molecule has 37 heavy (non-hydrogen) atoms. The highest BCUT2D eigenvalue weighted by Gasteiger charge is 2.34. The standard InChI is InChI=1S/C27H23BrN2O6S/c1-35-23-14-20(22(28)16-24(23)36-17-19-9-5-11-21(13-19)30(33)34)15-25-26(31)29(27(32)37-25)12-6-10-18-7-3-2-4-8-18/h2-5,7-9,11,13-16H,6,10,12,17H2,1H3/b25-15+. The summed E-state index contributed by atoms with van der Waals surface area (Å²) in [5.74, 6) is 0.522. The minimum absolute atomic E-state index is 0.0152. The summed E-state index contributed by atoms with van der Waals surface area (Å²) in [5, 5.41) is 10.7. The maximum atomic E-state index is 12.9. The first-order valence-corrected chi connectivity index (χ1v) is 13.0. The molecular formula is C27H23BrN2O6S. The van der Waals surface area contributed by atoms with E-state index in [1.807, 2.05) is 30.3 Å². The first-order chi connectivity index (χ1) is 17.9. The number of hydrogen-bond donors (Lipinski definition) is 0. The number of hydrogen-bond acceptors (Lipinski definition) is 7. The summed E-state index contributed by atoms with van der Waals surface area (Å²) in [5.41, 5.74) is 2.43. The Morgan fingerprint density at radius 2 is 1.78 bits per heavy atom. The summed E-state index contributed by atoms with van der Waals surface area (Å²) >= 11 is 4.42. The van der Waals surface area contributed by atoms with Crippen LogP contribution in [-0.2, 0) is 17.8 Å². The number of aryl methyl sites for hydroxylation is 1. The third-order valence-electron chi connectivity index (χ3n) is 5.65.